The molecule has 4 rings (SSSR count). The first-order chi connectivity index (χ1) is 16.4. The summed E-state index contributed by atoms with van der Waals surface area (Å²) in [5, 5.41) is 12.0. The predicted molar refractivity (Wildman–Crippen MR) is 123 cm³/mol. The van der Waals surface area contributed by atoms with Gasteiger partial charge >= 0.3 is 6.03 Å². The van der Waals surface area contributed by atoms with Gasteiger partial charge in [0.1, 0.15) is 11.3 Å². The second-order valence-corrected chi connectivity index (χ2v) is 8.38. The smallest absolute Gasteiger partial charge is 0.344 e. The first kappa shape index (κ1) is 23.1. The van der Waals surface area contributed by atoms with Crippen molar-refractivity contribution in [3.05, 3.63) is 60.9 Å². The molecular weight excluding hydrogens is 460 g/mol. The van der Waals surface area contributed by atoms with Crippen molar-refractivity contribution >= 4 is 29.6 Å². The Morgan fingerprint density at radius 3 is 2.85 bits per heavy atom. The molecule has 0 radical (unpaired) electrons. The number of imide groups is 1. The van der Waals surface area contributed by atoms with Crippen molar-refractivity contribution in [2.75, 3.05) is 12.9 Å². The highest BCUT2D eigenvalue weighted by atomic mass is 32.2. The molecule has 12 heteroatoms. The third-order valence-corrected chi connectivity index (χ3v) is 6.14. The molecule has 4 amide bonds. The largest absolute Gasteiger partial charge is 0.497 e. The van der Waals surface area contributed by atoms with E-state index in [0.29, 0.717) is 39.6 Å². The SMILES string of the molecule is C=CCn1c(SCC(=O)NN2C(=O)NC(C)(c3cccc(OC)c3)C2=O)nnc1-c1ccco1. The highest BCUT2D eigenvalue weighted by Gasteiger charge is 2.50. The number of thioether (sulfide) groups is 1. The van der Waals surface area contributed by atoms with Crippen LogP contribution in [0.4, 0.5) is 4.79 Å². The number of aromatic nitrogens is 3. The molecule has 3 heterocycles. The summed E-state index contributed by atoms with van der Waals surface area (Å²) in [7, 11) is 1.51. The Labute approximate surface area is 199 Å². The summed E-state index contributed by atoms with van der Waals surface area (Å²) in [4.78, 5) is 38.2. The van der Waals surface area contributed by atoms with Crippen LogP contribution in [-0.4, -0.2) is 50.5 Å². The molecule has 2 aromatic heterocycles. The van der Waals surface area contributed by atoms with Gasteiger partial charge in [-0.05, 0) is 36.8 Å². The van der Waals surface area contributed by atoms with Gasteiger partial charge in [-0.1, -0.05) is 30.0 Å². The van der Waals surface area contributed by atoms with E-state index in [1.807, 2.05) is 0 Å². The van der Waals surface area contributed by atoms with Crippen LogP contribution in [0.25, 0.3) is 11.6 Å². The van der Waals surface area contributed by atoms with Crippen molar-refractivity contribution in [2.45, 2.75) is 24.2 Å². The molecule has 11 nitrogen and oxygen atoms in total. The highest BCUT2D eigenvalue weighted by Crippen LogP contribution is 2.30. The minimum Gasteiger partial charge on any atom is -0.497 e. The summed E-state index contributed by atoms with van der Waals surface area (Å²) >= 11 is 1.10. The number of ether oxygens (including phenoxy) is 1. The van der Waals surface area contributed by atoms with Crippen molar-refractivity contribution in [1.29, 1.82) is 0 Å². The minimum atomic E-state index is -1.35. The maximum absolute atomic E-state index is 13.1. The van der Waals surface area contributed by atoms with Gasteiger partial charge in [-0.2, -0.15) is 5.01 Å². The van der Waals surface area contributed by atoms with Gasteiger partial charge in [0.25, 0.3) is 5.91 Å². The summed E-state index contributed by atoms with van der Waals surface area (Å²) < 4.78 is 12.3. The topological polar surface area (TPSA) is 132 Å². The summed E-state index contributed by atoms with van der Waals surface area (Å²) in [6.45, 7) is 5.70. The number of hydrogen-bond acceptors (Lipinski definition) is 8. The molecule has 1 saturated heterocycles. The lowest BCUT2D eigenvalue weighted by Gasteiger charge is -2.22. The number of allylic oxidation sites excluding steroid dienone is 1. The highest BCUT2D eigenvalue weighted by molar-refractivity contribution is 7.99. The van der Waals surface area contributed by atoms with Crippen LogP contribution in [0.2, 0.25) is 0 Å². The number of nitrogens with zero attached hydrogens (tertiary/aromatic N) is 4. The third kappa shape index (κ3) is 4.27. The molecule has 1 unspecified atom stereocenters. The van der Waals surface area contributed by atoms with Crippen LogP contribution < -0.4 is 15.5 Å². The molecule has 0 saturated carbocycles. The number of hydrazine groups is 1. The van der Waals surface area contributed by atoms with E-state index >= 15 is 0 Å². The lowest BCUT2D eigenvalue weighted by molar-refractivity contribution is -0.138. The van der Waals surface area contributed by atoms with E-state index in [1.165, 1.54) is 13.4 Å². The Balaban J connectivity index is 1.44. The van der Waals surface area contributed by atoms with Crippen molar-refractivity contribution in [1.82, 2.24) is 30.5 Å². The summed E-state index contributed by atoms with van der Waals surface area (Å²) in [5.41, 5.74) is 1.55. The molecule has 1 fully saturated rings. The van der Waals surface area contributed by atoms with Gasteiger partial charge < -0.3 is 14.5 Å². The standard InChI is InChI=1S/C22H22N6O5S/c1-4-10-27-18(16-9-6-11-33-16)24-25-21(27)34-13-17(29)26-28-19(30)22(2,23-20(28)31)14-7-5-8-15(12-14)32-3/h4-9,11-12H,1,10,13H2,2-3H3,(H,23,31)(H,26,29). The van der Waals surface area contributed by atoms with Crippen LogP contribution in [0.3, 0.4) is 0 Å². The number of rotatable bonds is 9. The molecule has 0 spiro atoms. The number of amides is 4. The Bertz CT molecular complexity index is 1240. The Kier molecular flexibility index (Phi) is 6.41. The van der Waals surface area contributed by atoms with Gasteiger partial charge in [-0.3, -0.25) is 19.6 Å². The number of nitrogens with one attached hydrogen (secondary N) is 2. The van der Waals surface area contributed by atoms with Crippen LogP contribution in [0, 0.1) is 0 Å². The maximum atomic E-state index is 13.1. The number of hydrogen-bond donors (Lipinski definition) is 2. The van der Waals surface area contributed by atoms with E-state index in [0.717, 1.165) is 11.8 Å². The minimum absolute atomic E-state index is 0.111. The number of furan rings is 1. The Hall–Kier alpha value is -4.06. The predicted octanol–water partition coefficient (Wildman–Crippen LogP) is 2.32. The van der Waals surface area contributed by atoms with Crippen LogP contribution in [0.1, 0.15) is 12.5 Å². The summed E-state index contributed by atoms with van der Waals surface area (Å²) in [5.74, 6) is 0.283. The van der Waals surface area contributed by atoms with Gasteiger partial charge in [-0.25, -0.2) is 4.79 Å². The van der Waals surface area contributed by atoms with Gasteiger partial charge in [0.05, 0.1) is 19.1 Å². The zero-order valence-corrected chi connectivity index (χ0v) is 19.3. The summed E-state index contributed by atoms with van der Waals surface area (Å²) in [6.07, 6.45) is 3.20. The molecule has 0 aliphatic carbocycles. The lowest BCUT2D eigenvalue weighted by atomic mass is 9.92. The van der Waals surface area contributed by atoms with Gasteiger partial charge in [0.15, 0.2) is 10.9 Å². The van der Waals surface area contributed by atoms with Gasteiger partial charge in [-0.15, -0.1) is 16.8 Å². The van der Waals surface area contributed by atoms with E-state index in [4.69, 9.17) is 9.15 Å². The normalized spacial score (nSPS) is 17.5. The Morgan fingerprint density at radius 2 is 2.15 bits per heavy atom. The first-order valence-corrected chi connectivity index (χ1v) is 11.2. The van der Waals surface area contributed by atoms with Gasteiger partial charge in [0.2, 0.25) is 11.7 Å². The summed E-state index contributed by atoms with van der Waals surface area (Å²) in [6, 6.07) is 9.55. The number of carbonyl (C=O) groups excluding carboxylic acids is 3. The quantitative estimate of drug-likeness (QED) is 0.270. The van der Waals surface area contributed by atoms with E-state index in [2.05, 4.69) is 27.5 Å². The fraction of sp³-hybridized carbons (Fsp3) is 0.227. The molecule has 1 aliphatic heterocycles. The van der Waals surface area contributed by atoms with Gasteiger partial charge in [0, 0.05) is 6.54 Å². The third-order valence-electron chi connectivity index (χ3n) is 5.18. The average molecular weight is 483 g/mol. The van der Waals surface area contributed by atoms with E-state index in [1.54, 1.807) is 54.0 Å². The lowest BCUT2D eigenvalue weighted by Crippen LogP contribution is -2.48. The van der Waals surface area contributed by atoms with Crippen LogP contribution in [0.15, 0.2) is 64.9 Å². The van der Waals surface area contributed by atoms with Crippen molar-refractivity contribution in [3.63, 3.8) is 0 Å². The average Bonchev–Trinajstić information content (AvgIpc) is 3.55. The maximum Gasteiger partial charge on any atom is 0.344 e. The molecule has 1 aromatic carbocycles. The molecule has 3 aromatic rings. The fourth-order valence-electron chi connectivity index (χ4n) is 3.43. The zero-order chi connectivity index (χ0) is 24.3. The van der Waals surface area contributed by atoms with E-state index < -0.39 is 23.4 Å². The first-order valence-electron chi connectivity index (χ1n) is 10.2. The van der Waals surface area contributed by atoms with Crippen LogP contribution in [-0.2, 0) is 21.7 Å². The molecule has 34 heavy (non-hydrogen) atoms. The van der Waals surface area contributed by atoms with Crippen LogP contribution >= 0.6 is 11.8 Å². The monoisotopic (exact) mass is 482 g/mol. The number of methoxy groups -OCH3 is 1. The molecule has 1 aliphatic rings. The number of benzene rings is 1. The number of carbonyl (C=O) groups is 3. The van der Waals surface area contributed by atoms with E-state index in [-0.39, 0.29) is 5.75 Å². The van der Waals surface area contributed by atoms with Crippen molar-refractivity contribution < 1.29 is 23.5 Å². The van der Waals surface area contributed by atoms with Crippen LogP contribution in [0.5, 0.6) is 5.75 Å². The fourth-order valence-corrected chi connectivity index (χ4v) is 4.17. The molecule has 0 bridgehead atoms. The van der Waals surface area contributed by atoms with Crippen molar-refractivity contribution in [2.24, 2.45) is 0 Å². The van der Waals surface area contributed by atoms with E-state index in [9.17, 15) is 14.4 Å². The van der Waals surface area contributed by atoms with Crippen molar-refractivity contribution in [3.8, 4) is 17.3 Å². The Morgan fingerprint density at radius 1 is 1.32 bits per heavy atom. The molecule has 2 N–H and O–H groups in total. The zero-order valence-electron chi connectivity index (χ0n) is 18.5. The second kappa shape index (κ2) is 9.43. The second-order valence-electron chi connectivity index (χ2n) is 7.43. The molecule has 1 atom stereocenters. The molecule has 176 valence electrons. The molecular formula is C22H22N6O5S. The number of urea groups is 1.